The second kappa shape index (κ2) is 6.44. The molecule has 8 heteroatoms. The molecular formula is C17H18N4O3S. The second-order valence-corrected chi connectivity index (χ2v) is 6.99. The minimum absolute atomic E-state index is 0.245. The molecule has 0 bridgehead atoms. The maximum absolute atomic E-state index is 5.38. The Morgan fingerprint density at radius 3 is 2.88 bits per heavy atom. The fraction of sp³-hybridized carbons (Fsp3) is 0.353. The Kier molecular flexibility index (Phi) is 4.12. The van der Waals surface area contributed by atoms with Gasteiger partial charge in [0.1, 0.15) is 0 Å². The first-order chi connectivity index (χ1) is 12.1. The van der Waals surface area contributed by atoms with E-state index in [0.717, 1.165) is 16.5 Å². The van der Waals surface area contributed by atoms with Crippen LogP contribution in [0.2, 0.25) is 0 Å². The van der Waals surface area contributed by atoms with Gasteiger partial charge in [-0.1, -0.05) is 30.8 Å². The lowest BCUT2D eigenvalue weighted by molar-refractivity contribution is 0.174. The molecule has 0 aliphatic carbocycles. The lowest BCUT2D eigenvalue weighted by Crippen LogP contribution is -1.99. The summed E-state index contributed by atoms with van der Waals surface area (Å²) in [5.41, 5.74) is 2.04. The summed E-state index contributed by atoms with van der Waals surface area (Å²) in [5, 5.41) is 4.99. The van der Waals surface area contributed by atoms with E-state index < -0.39 is 0 Å². The van der Waals surface area contributed by atoms with Crippen LogP contribution in [0, 0.1) is 0 Å². The lowest BCUT2D eigenvalue weighted by Gasteiger charge is -2.07. The normalized spacial score (nSPS) is 13.0. The summed E-state index contributed by atoms with van der Waals surface area (Å²) in [6.45, 7) is 4.55. The van der Waals surface area contributed by atoms with Crippen LogP contribution in [0.25, 0.3) is 11.4 Å². The van der Waals surface area contributed by atoms with E-state index in [1.807, 2.05) is 31.4 Å². The number of aromatic nitrogens is 4. The van der Waals surface area contributed by atoms with Gasteiger partial charge in [-0.2, -0.15) is 4.98 Å². The molecule has 0 saturated heterocycles. The molecule has 0 amide bonds. The molecular weight excluding hydrogens is 340 g/mol. The summed E-state index contributed by atoms with van der Waals surface area (Å²) in [4.78, 5) is 8.92. The standard InChI is InChI=1S/C17H18N4O3S/c1-10(2)12-7-18-17(21(12)3)25-8-15-19-16(20-24-15)11-4-5-13-14(6-11)23-9-22-13/h4-7,10H,8-9H2,1-3H3. The zero-order valence-corrected chi connectivity index (χ0v) is 15.0. The molecule has 3 heterocycles. The fourth-order valence-corrected chi connectivity index (χ4v) is 3.46. The number of nitrogens with zero attached hydrogens (tertiary/aromatic N) is 4. The van der Waals surface area contributed by atoms with Gasteiger partial charge in [-0.15, -0.1) is 0 Å². The predicted molar refractivity (Wildman–Crippen MR) is 92.7 cm³/mol. The van der Waals surface area contributed by atoms with E-state index in [-0.39, 0.29) is 6.79 Å². The minimum Gasteiger partial charge on any atom is -0.454 e. The van der Waals surface area contributed by atoms with Crippen molar-refractivity contribution in [3.63, 3.8) is 0 Å². The van der Waals surface area contributed by atoms with Crippen molar-refractivity contribution < 1.29 is 14.0 Å². The monoisotopic (exact) mass is 358 g/mol. The molecule has 130 valence electrons. The van der Waals surface area contributed by atoms with Gasteiger partial charge in [0.05, 0.1) is 5.75 Å². The third kappa shape index (κ3) is 3.09. The third-order valence-corrected chi connectivity index (χ3v) is 5.03. The Bertz CT molecular complexity index is 903. The van der Waals surface area contributed by atoms with Crippen molar-refractivity contribution in [2.75, 3.05) is 6.79 Å². The van der Waals surface area contributed by atoms with Crippen molar-refractivity contribution in [1.82, 2.24) is 19.7 Å². The molecule has 2 aromatic heterocycles. The smallest absolute Gasteiger partial charge is 0.237 e. The van der Waals surface area contributed by atoms with E-state index in [1.54, 1.807) is 11.8 Å². The summed E-state index contributed by atoms with van der Waals surface area (Å²) in [7, 11) is 2.02. The topological polar surface area (TPSA) is 75.2 Å². The number of benzene rings is 1. The van der Waals surface area contributed by atoms with Crippen molar-refractivity contribution in [1.29, 1.82) is 0 Å². The van der Waals surface area contributed by atoms with Gasteiger partial charge in [-0.05, 0) is 24.1 Å². The Hall–Kier alpha value is -2.48. The molecule has 25 heavy (non-hydrogen) atoms. The van der Waals surface area contributed by atoms with Gasteiger partial charge in [0, 0.05) is 24.5 Å². The van der Waals surface area contributed by atoms with Gasteiger partial charge in [0.15, 0.2) is 16.7 Å². The number of imidazole rings is 1. The molecule has 0 radical (unpaired) electrons. The number of thioether (sulfide) groups is 1. The van der Waals surface area contributed by atoms with Crippen LogP contribution in [-0.4, -0.2) is 26.5 Å². The highest BCUT2D eigenvalue weighted by atomic mass is 32.2. The van der Waals surface area contributed by atoms with Gasteiger partial charge in [-0.3, -0.25) is 0 Å². The van der Waals surface area contributed by atoms with Crippen LogP contribution in [-0.2, 0) is 12.8 Å². The van der Waals surface area contributed by atoms with E-state index in [0.29, 0.717) is 29.1 Å². The number of ether oxygens (including phenoxy) is 2. The molecule has 1 aliphatic rings. The Balaban J connectivity index is 1.47. The second-order valence-electron chi connectivity index (χ2n) is 6.05. The van der Waals surface area contributed by atoms with E-state index >= 15 is 0 Å². The largest absolute Gasteiger partial charge is 0.454 e. The quantitative estimate of drug-likeness (QED) is 0.645. The third-order valence-electron chi connectivity index (χ3n) is 4.00. The molecule has 1 aromatic carbocycles. The van der Waals surface area contributed by atoms with Crippen LogP contribution in [0.4, 0.5) is 0 Å². The van der Waals surface area contributed by atoms with Crippen molar-refractivity contribution in [2.24, 2.45) is 7.05 Å². The van der Waals surface area contributed by atoms with Gasteiger partial charge >= 0.3 is 0 Å². The Labute approximate surface area is 149 Å². The van der Waals surface area contributed by atoms with Gasteiger partial charge in [0.2, 0.25) is 18.5 Å². The Morgan fingerprint density at radius 1 is 1.24 bits per heavy atom. The molecule has 0 N–H and O–H groups in total. The van der Waals surface area contributed by atoms with E-state index in [4.69, 9.17) is 14.0 Å². The maximum atomic E-state index is 5.38. The zero-order chi connectivity index (χ0) is 17.4. The minimum atomic E-state index is 0.245. The molecule has 0 spiro atoms. The average molecular weight is 358 g/mol. The fourth-order valence-electron chi connectivity index (χ4n) is 2.67. The first-order valence-corrected chi connectivity index (χ1v) is 8.97. The van der Waals surface area contributed by atoms with Crippen LogP contribution in [0.3, 0.4) is 0 Å². The first kappa shape index (κ1) is 16.0. The number of fused-ring (bicyclic) bond motifs is 1. The van der Waals surface area contributed by atoms with Crippen LogP contribution in [0.15, 0.2) is 34.1 Å². The van der Waals surface area contributed by atoms with E-state index in [1.165, 1.54) is 5.69 Å². The molecule has 0 saturated carbocycles. The van der Waals surface area contributed by atoms with Gasteiger partial charge in [-0.25, -0.2) is 4.98 Å². The van der Waals surface area contributed by atoms with E-state index in [2.05, 4.69) is 33.5 Å². The summed E-state index contributed by atoms with van der Waals surface area (Å²) in [5.74, 6) is 3.54. The SMILES string of the molecule is CC(C)c1cnc(SCc2nc(-c3ccc4c(c3)OCO4)no2)n1C. The molecule has 0 atom stereocenters. The van der Waals surface area contributed by atoms with Crippen LogP contribution in [0.5, 0.6) is 11.5 Å². The number of hydrogen-bond acceptors (Lipinski definition) is 7. The maximum Gasteiger partial charge on any atom is 0.237 e. The van der Waals surface area contributed by atoms with Crippen LogP contribution >= 0.6 is 11.8 Å². The molecule has 3 aromatic rings. The summed E-state index contributed by atoms with van der Waals surface area (Å²) < 4.78 is 18.2. The van der Waals surface area contributed by atoms with Crippen molar-refractivity contribution >= 4 is 11.8 Å². The van der Waals surface area contributed by atoms with E-state index in [9.17, 15) is 0 Å². The molecule has 7 nitrogen and oxygen atoms in total. The van der Waals surface area contributed by atoms with Crippen LogP contribution < -0.4 is 9.47 Å². The molecule has 1 aliphatic heterocycles. The van der Waals surface area contributed by atoms with Crippen molar-refractivity contribution in [3.05, 3.63) is 36.0 Å². The van der Waals surface area contributed by atoms with Gasteiger partial charge in [0.25, 0.3) is 0 Å². The highest BCUT2D eigenvalue weighted by molar-refractivity contribution is 7.98. The number of hydrogen-bond donors (Lipinski definition) is 0. The zero-order valence-electron chi connectivity index (χ0n) is 14.2. The predicted octanol–water partition coefficient (Wildman–Crippen LogP) is 3.61. The van der Waals surface area contributed by atoms with Crippen molar-refractivity contribution in [2.45, 2.75) is 30.7 Å². The number of rotatable bonds is 5. The molecule has 4 rings (SSSR count). The summed E-state index contributed by atoms with van der Waals surface area (Å²) in [6, 6.07) is 5.60. The van der Waals surface area contributed by atoms with Crippen LogP contribution in [0.1, 0.15) is 31.4 Å². The highest BCUT2D eigenvalue weighted by Gasteiger charge is 2.17. The van der Waals surface area contributed by atoms with Gasteiger partial charge < -0.3 is 18.6 Å². The highest BCUT2D eigenvalue weighted by Crippen LogP contribution is 2.35. The lowest BCUT2D eigenvalue weighted by atomic mass is 10.1. The Morgan fingerprint density at radius 2 is 2.08 bits per heavy atom. The molecule has 0 unspecified atom stereocenters. The summed E-state index contributed by atoms with van der Waals surface area (Å²) in [6.07, 6.45) is 1.92. The first-order valence-electron chi connectivity index (χ1n) is 7.99. The molecule has 0 fully saturated rings. The summed E-state index contributed by atoms with van der Waals surface area (Å²) >= 11 is 1.58. The average Bonchev–Trinajstić information content (AvgIpc) is 3.31. The van der Waals surface area contributed by atoms with Crippen molar-refractivity contribution in [3.8, 4) is 22.9 Å².